The molecule has 3 aromatic carbocycles. The van der Waals surface area contributed by atoms with Gasteiger partial charge in [0.1, 0.15) is 22.5 Å². The highest BCUT2D eigenvalue weighted by Gasteiger charge is 2.81. The first-order valence-corrected chi connectivity index (χ1v) is 13.7. The zero-order valence-electron chi connectivity index (χ0n) is 23.0. The highest BCUT2D eigenvalue weighted by Crippen LogP contribution is 2.68. The van der Waals surface area contributed by atoms with Gasteiger partial charge in [0.15, 0.2) is 5.78 Å². The number of hydrogen-bond donors (Lipinski definition) is 2. The molecule has 40 heavy (non-hydrogen) atoms. The van der Waals surface area contributed by atoms with E-state index in [1.54, 1.807) is 25.3 Å². The van der Waals surface area contributed by atoms with E-state index in [-0.39, 0.29) is 23.6 Å². The van der Waals surface area contributed by atoms with Crippen LogP contribution in [0.15, 0.2) is 54.6 Å². The second-order valence-electron chi connectivity index (χ2n) is 11.3. The van der Waals surface area contributed by atoms with Gasteiger partial charge in [0.2, 0.25) is 5.91 Å². The minimum atomic E-state index is -1.50. The van der Waals surface area contributed by atoms with Crippen molar-refractivity contribution in [2.45, 2.75) is 43.7 Å². The fourth-order valence-electron chi connectivity index (χ4n) is 8.21. The fourth-order valence-corrected chi connectivity index (χ4v) is 8.21. The van der Waals surface area contributed by atoms with Crippen LogP contribution in [-0.4, -0.2) is 49.3 Å². The van der Waals surface area contributed by atoms with Crippen LogP contribution in [0.25, 0.3) is 0 Å². The lowest BCUT2D eigenvalue weighted by molar-refractivity contribution is -0.137. The van der Waals surface area contributed by atoms with Crippen molar-refractivity contribution in [1.29, 1.82) is 0 Å². The van der Waals surface area contributed by atoms with Crippen LogP contribution in [-0.2, 0) is 20.5 Å². The molecule has 0 aromatic heterocycles. The van der Waals surface area contributed by atoms with Crippen LogP contribution >= 0.6 is 0 Å². The van der Waals surface area contributed by atoms with Crippen molar-refractivity contribution < 1.29 is 23.9 Å². The Morgan fingerprint density at radius 2 is 1.75 bits per heavy atom. The summed E-state index contributed by atoms with van der Waals surface area (Å²) in [6.07, 6.45) is 1.51. The first kappa shape index (κ1) is 24.8. The zero-order valence-corrected chi connectivity index (χ0v) is 23.0. The number of amides is 2. The smallest absolute Gasteiger partial charge is 0.251 e. The Morgan fingerprint density at radius 3 is 2.52 bits per heavy atom. The number of ether oxygens (including phenoxy) is 2. The topological polar surface area (TPSA) is 97.0 Å². The molecule has 8 heteroatoms. The highest BCUT2D eigenvalue weighted by atomic mass is 16.5. The molecule has 0 saturated carbocycles. The van der Waals surface area contributed by atoms with Gasteiger partial charge >= 0.3 is 0 Å². The van der Waals surface area contributed by atoms with Gasteiger partial charge in [-0.1, -0.05) is 35.9 Å². The quantitative estimate of drug-likeness (QED) is 0.481. The summed E-state index contributed by atoms with van der Waals surface area (Å²) in [4.78, 5) is 46.4. The van der Waals surface area contributed by atoms with Crippen LogP contribution in [0.2, 0.25) is 0 Å². The minimum Gasteiger partial charge on any atom is -0.497 e. The molecular weight excluding hydrogens is 506 g/mol. The lowest BCUT2D eigenvalue weighted by Crippen LogP contribution is -2.62. The van der Waals surface area contributed by atoms with Crippen molar-refractivity contribution in [1.82, 2.24) is 4.90 Å². The van der Waals surface area contributed by atoms with E-state index in [2.05, 4.69) is 15.5 Å². The van der Waals surface area contributed by atoms with E-state index in [1.807, 2.05) is 50.2 Å². The Balaban J connectivity index is 1.59. The molecule has 3 aromatic rings. The number of hydrogen-bond acceptors (Lipinski definition) is 6. The van der Waals surface area contributed by atoms with Crippen molar-refractivity contribution in [2.24, 2.45) is 5.92 Å². The molecule has 2 N–H and O–H groups in total. The van der Waals surface area contributed by atoms with E-state index in [0.29, 0.717) is 41.3 Å². The van der Waals surface area contributed by atoms with Gasteiger partial charge in [-0.05, 0) is 68.6 Å². The monoisotopic (exact) mass is 537 g/mol. The van der Waals surface area contributed by atoms with Gasteiger partial charge in [0, 0.05) is 23.0 Å². The highest BCUT2D eigenvalue weighted by molar-refractivity contribution is 6.21. The van der Waals surface area contributed by atoms with Crippen molar-refractivity contribution in [2.75, 3.05) is 31.4 Å². The maximum absolute atomic E-state index is 15.0. The second-order valence-corrected chi connectivity index (χ2v) is 11.3. The molecule has 0 bridgehead atoms. The van der Waals surface area contributed by atoms with Gasteiger partial charge in [-0.15, -0.1) is 0 Å². The number of nitrogens with zero attached hydrogens (tertiary/aromatic N) is 1. The summed E-state index contributed by atoms with van der Waals surface area (Å²) >= 11 is 0. The number of aryl methyl sites for hydroxylation is 2. The van der Waals surface area contributed by atoms with Gasteiger partial charge in [-0.3, -0.25) is 19.3 Å². The molecule has 4 atom stereocenters. The summed E-state index contributed by atoms with van der Waals surface area (Å²) < 4.78 is 11.1. The Bertz CT molecular complexity index is 1630. The molecule has 7 rings (SSSR count). The third-order valence-electron chi connectivity index (χ3n) is 9.50. The number of nitrogens with one attached hydrogen (secondary N) is 2. The zero-order chi connectivity index (χ0) is 28.0. The largest absolute Gasteiger partial charge is 0.497 e. The Labute approximate surface area is 232 Å². The van der Waals surface area contributed by atoms with Crippen LogP contribution in [0, 0.1) is 19.8 Å². The van der Waals surface area contributed by atoms with Crippen molar-refractivity contribution >= 4 is 29.0 Å². The molecule has 4 aliphatic heterocycles. The molecule has 4 aliphatic rings. The summed E-state index contributed by atoms with van der Waals surface area (Å²) in [5, 5.41) is 6.25. The van der Waals surface area contributed by atoms with E-state index >= 15 is 0 Å². The Hall–Kier alpha value is -4.17. The minimum absolute atomic E-state index is 0.234. The SMILES string of the molecule is COc1ccc(OC)c(C(=O)C2C3CCCN3C3(C(=O)Nc4c(C)cc(C)cc43)C23C(=O)Nc2ccccc23)c1. The van der Waals surface area contributed by atoms with E-state index in [1.165, 1.54) is 7.11 Å². The predicted octanol–water partition coefficient (Wildman–Crippen LogP) is 4.34. The number of benzene rings is 3. The molecule has 2 fully saturated rings. The summed E-state index contributed by atoms with van der Waals surface area (Å²) in [5.41, 5.74) is 2.17. The number of anilines is 2. The van der Waals surface area contributed by atoms with Crippen LogP contribution in [0.1, 0.15) is 45.5 Å². The summed E-state index contributed by atoms with van der Waals surface area (Å²) in [6.45, 7) is 4.57. The van der Waals surface area contributed by atoms with E-state index in [0.717, 1.165) is 28.8 Å². The van der Waals surface area contributed by atoms with Crippen molar-refractivity contribution in [3.05, 3.63) is 82.4 Å². The molecule has 0 aliphatic carbocycles. The molecule has 204 valence electrons. The fraction of sp³-hybridized carbons (Fsp3) is 0.344. The molecule has 4 heterocycles. The number of fused-ring (bicyclic) bond motifs is 7. The number of para-hydroxylation sites is 1. The molecule has 2 saturated heterocycles. The van der Waals surface area contributed by atoms with Gasteiger partial charge < -0.3 is 20.1 Å². The van der Waals surface area contributed by atoms with Crippen LogP contribution in [0.5, 0.6) is 11.5 Å². The predicted molar refractivity (Wildman–Crippen MR) is 150 cm³/mol. The van der Waals surface area contributed by atoms with E-state index < -0.39 is 16.9 Å². The standard InChI is InChI=1S/C32H31N3O5/c1-17-14-18(2)27-22(15-17)32(30(38)34-27)31(21-8-5-6-9-23(21)33-29(31)37)26(24-10-7-13-35(24)32)28(36)20-16-19(39-3)11-12-25(20)40-4/h5-6,8-9,11-12,14-16,24,26H,7,10,13H2,1-4H3,(H,33,37)(H,34,38). The first-order chi connectivity index (χ1) is 19.3. The number of carbonyl (C=O) groups excluding carboxylic acids is 3. The van der Waals surface area contributed by atoms with Crippen LogP contribution in [0.4, 0.5) is 11.4 Å². The lowest BCUT2D eigenvalue weighted by Gasteiger charge is -2.43. The summed E-state index contributed by atoms with van der Waals surface area (Å²) in [5.74, 6) is -0.755. The number of carbonyl (C=O) groups is 3. The van der Waals surface area contributed by atoms with Gasteiger partial charge in [0.25, 0.3) is 5.91 Å². The van der Waals surface area contributed by atoms with Gasteiger partial charge in [-0.2, -0.15) is 0 Å². The average Bonchev–Trinajstić information content (AvgIpc) is 3.67. The second kappa shape index (κ2) is 8.41. The van der Waals surface area contributed by atoms with Crippen molar-refractivity contribution in [3.8, 4) is 11.5 Å². The van der Waals surface area contributed by atoms with E-state index in [4.69, 9.17) is 9.47 Å². The third kappa shape index (κ3) is 2.77. The average molecular weight is 538 g/mol. The number of rotatable bonds is 4. The molecular formula is C32H31N3O5. The lowest BCUT2D eigenvalue weighted by atomic mass is 9.57. The van der Waals surface area contributed by atoms with Crippen LogP contribution in [0.3, 0.4) is 0 Å². The Kier molecular flexibility index (Phi) is 5.23. The number of Topliss-reactive ketones (excluding diaryl/α,β-unsaturated/α-hetero) is 1. The molecule has 8 nitrogen and oxygen atoms in total. The van der Waals surface area contributed by atoms with Gasteiger partial charge in [-0.25, -0.2) is 0 Å². The molecule has 2 spiro atoms. The maximum atomic E-state index is 15.0. The molecule has 0 radical (unpaired) electrons. The molecule has 2 amide bonds. The Morgan fingerprint density at radius 1 is 0.950 bits per heavy atom. The normalized spacial score (nSPS) is 27.9. The van der Waals surface area contributed by atoms with E-state index in [9.17, 15) is 14.4 Å². The first-order valence-electron chi connectivity index (χ1n) is 13.7. The van der Waals surface area contributed by atoms with Gasteiger partial charge in [0.05, 0.1) is 25.7 Å². The van der Waals surface area contributed by atoms with Crippen LogP contribution < -0.4 is 20.1 Å². The molecule has 4 unspecified atom stereocenters. The number of methoxy groups -OCH3 is 2. The summed E-state index contributed by atoms with van der Waals surface area (Å²) in [6, 6.07) is 16.3. The third-order valence-corrected chi connectivity index (χ3v) is 9.50. The summed E-state index contributed by atoms with van der Waals surface area (Å²) in [7, 11) is 3.07. The van der Waals surface area contributed by atoms with Crippen molar-refractivity contribution in [3.63, 3.8) is 0 Å². The number of ketones is 1. The maximum Gasteiger partial charge on any atom is 0.251 e.